The lowest BCUT2D eigenvalue weighted by molar-refractivity contribution is -0.120. The molecule has 0 saturated heterocycles. The van der Waals surface area contributed by atoms with E-state index in [0.29, 0.717) is 17.9 Å². The number of benzene rings is 3. The van der Waals surface area contributed by atoms with Gasteiger partial charge in [-0.15, -0.1) is 0 Å². The molecule has 154 valence electrons. The van der Waals surface area contributed by atoms with Crippen molar-refractivity contribution in [1.82, 2.24) is 4.90 Å². The van der Waals surface area contributed by atoms with Gasteiger partial charge >= 0.3 is 0 Å². The van der Waals surface area contributed by atoms with Crippen LogP contribution in [0, 0.1) is 0 Å². The average Bonchev–Trinajstić information content (AvgIpc) is 2.75. The van der Waals surface area contributed by atoms with Crippen molar-refractivity contribution in [1.29, 1.82) is 0 Å². The molecule has 2 N–H and O–H groups in total. The Kier molecular flexibility index (Phi) is 7.58. The zero-order valence-corrected chi connectivity index (χ0v) is 16.9. The topological polar surface area (TPSA) is 70.7 Å². The number of para-hydroxylation sites is 3. The summed E-state index contributed by atoms with van der Waals surface area (Å²) in [5, 5.41) is 5.73. The first-order valence-corrected chi connectivity index (χ1v) is 9.68. The first-order chi connectivity index (χ1) is 14.6. The molecule has 3 aromatic carbocycles. The summed E-state index contributed by atoms with van der Waals surface area (Å²) in [7, 11) is 1.60. The summed E-state index contributed by atoms with van der Waals surface area (Å²) in [4.78, 5) is 27.0. The fraction of sp³-hybridized carbons (Fsp3) is 0.167. The molecular weight excluding hydrogens is 378 g/mol. The Bertz CT molecular complexity index is 906. The van der Waals surface area contributed by atoms with Gasteiger partial charge in [-0.25, -0.2) is 0 Å². The first-order valence-electron chi connectivity index (χ1n) is 9.68. The van der Waals surface area contributed by atoms with E-state index in [4.69, 9.17) is 4.74 Å². The van der Waals surface area contributed by atoms with Crippen molar-refractivity contribution in [3.63, 3.8) is 0 Å². The Balaban J connectivity index is 1.70. The number of hydrogen-bond donors (Lipinski definition) is 2. The molecule has 2 amide bonds. The van der Waals surface area contributed by atoms with Crippen LogP contribution in [0.25, 0.3) is 0 Å². The number of amides is 2. The van der Waals surface area contributed by atoms with E-state index in [1.807, 2.05) is 84.9 Å². The van der Waals surface area contributed by atoms with Crippen LogP contribution in [-0.2, 0) is 16.1 Å². The lowest BCUT2D eigenvalue weighted by atomic mass is 10.2. The van der Waals surface area contributed by atoms with Gasteiger partial charge in [0.25, 0.3) is 0 Å². The van der Waals surface area contributed by atoms with E-state index in [1.54, 1.807) is 12.0 Å². The van der Waals surface area contributed by atoms with Crippen LogP contribution in [0.2, 0.25) is 0 Å². The monoisotopic (exact) mass is 403 g/mol. The van der Waals surface area contributed by atoms with Crippen LogP contribution >= 0.6 is 0 Å². The van der Waals surface area contributed by atoms with Crippen molar-refractivity contribution in [2.75, 3.05) is 30.8 Å². The smallest absolute Gasteiger partial charge is 0.238 e. The van der Waals surface area contributed by atoms with E-state index in [2.05, 4.69) is 10.6 Å². The van der Waals surface area contributed by atoms with Crippen molar-refractivity contribution < 1.29 is 14.3 Å². The molecule has 0 aliphatic rings. The SMILES string of the molecule is COc1ccccc1CN(CC(=O)Nc1ccccc1)CC(=O)Nc1ccccc1. The predicted molar refractivity (Wildman–Crippen MR) is 118 cm³/mol. The maximum atomic E-state index is 12.6. The second-order valence-electron chi connectivity index (χ2n) is 6.79. The largest absolute Gasteiger partial charge is 0.496 e. The highest BCUT2D eigenvalue weighted by atomic mass is 16.5. The molecular formula is C24H25N3O3. The number of carbonyl (C=O) groups excluding carboxylic acids is 2. The Morgan fingerprint density at radius 2 is 1.20 bits per heavy atom. The number of nitrogens with one attached hydrogen (secondary N) is 2. The third kappa shape index (κ3) is 6.46. The third-order valence-electron chi connectivity index (χ3n) is 4.44. The van der Waals surface area contributed by atoms with Gasteiger partial charge in [0.15, 0.2) is 0 Å². The number of rotatable bonds is 9. The van der Waals surface area contributed by atoms with E-state index in [9.17, 15) is 9.59 Å². The van der Waals surface area contributed by atoms with Crippen LogP contribution in [0.1, 0.15) is 5.56 Å². The molecule has 0 unspecified atom stereocenters. The normalized spacial score (nSPS) is 10.5. The van der Waals surface area contributed by atoms with E-state index in [-0.39, 0.29) is 24.9 Å². The lowest BCUT2D eigenvalue weighted by Gasteiger charge is -2.22. The van der Waals surface area contributed by atoms with Gasteiger partial charge < -0.3 is 15.4 Å². The molecule has 0 heterocycles. The highest BCUT2D eigenvalue weighted by Gasteiger charge is 2.17. The van der Waals surface area contributed by atoms with Gasteiger partial charge in [-0.05, 0) is 30.3 Å². The fourth-order valence-electron chi connectivity index (χ4n) is 3.09. The molecule has 6 nitrogen and oxygen atoms in total. The second kappa shape index (κ2) is 10.8. The summed E-state index contributed by atoms with van der Waals surface area (Å²) in [6, 6.07) is 26.1. The Morgan fingerprint density at radius 1 is 0.733 bits per heavy atom. The van der Waals surface area contributed by atoms with Gasteiger partial charge in [0, 0.05) is 23.5 Å². The van der Waals surface area contributed by atoms with E-state index >= 15 is 0 Å². The number of anilines is 2. The lowest BCUT2D eigenvalue weighted by Crippen LogP contribution is -2.38. The summed E-state index contributed by atoms with van der Waals surface area (Å²) < 4.78 is 5.42. The minimum atomic E-state index is -0.191. The highest BCUT2D eigenvalue weighted by molar-refractivity contribution is 5.94. The van der Waals surface area contributed by atoms with Crippen LogP contribution in [-0.4, -0.2) is 36.9 Å². The number of nitrogens with zero attached hydrogens (tertiary/aromatic N) is 1. The van der Waals surface area contributed by atoms with Crippen LogP contribution in [0.5, 0.6) is 5.75 Å². The van der Waals surface area contributed by atoms with E-state index < -0.39 is 0 Å². The number of ether oxygens (including phenoxy) is 1. The Morgan fingerprint density at radius 3 is 1.70 bits per heavy atom. The first kappa shape index (κ1) is 21.1. The van der Waals surface area contributed by atoms with Crippen LogP contribution in [0.15, 0.2) is 84.9 Å². The molecule has 0 radical (unpaired) electrons. The zero-order valence-electron chi connectivity index (χ0n) is 16.9. The molecule has 0 atom stereocenters. The van der Waals surface area contributed by atoms with Gasteiger partial charge in [-0.2, -0.15) is 0 Å². The average molecular weight is 403 g/mol. The molecule has 30 heavy (non-hydrogen) atoms. The van der Waals surface area contributed by atoms with Crippen LogP contribution < -0.4 is 15.4 Å². The van der Waals surface area contributed by atoms with Gasteiger partial charge in [-0.3, -0.25) is 14.5 Å². The minimum Gasteiger partial charge on any atom is -0.496 e. The van der Waals surface area contributed by atoms with Gasteiger partial charge in [0.1, 0.15) is 5.75 Å². The Labute approximate surface area is 176 Å². The van der Waals surface area contributed by atoms with Gasteiger partial charge in [0.05, 0.1) is 20.2 Å². The molecule has 0 aliphatic carbocycles. The summed E-state index contributed by atoms with van der Waals surface area (Å²) in [6.07, 6.45) is 0. The molecule has 0 aromatic heterocycles. The summed E-state index contributed by atoms with van der Waals surface area (Å²) in [5.41, 5.74) is 2.34. The van der Waals surface area contributed by atoms with Crippen molar-refractivity contribution in [2.45, 2.75) is 6.54 Å². The summed E-state index contributed by atoms with van der Waals surface area (Å²) >= 11 is 0. The summed E-state index contributed by atoms with van der Waals surface area (Å²) in [5.74, 6) is 0.335. The van der Waals surface area contributed by atoms with Crippen LogP contribution in [0.4, 0.5) is 11.4 Å². The number of methoxy groups -OCH3 is 1. The molecule has 3 aromatic rings. The van der Waals surface area contributed by atoms with E-state index in [0.717, 1.165) is 11.3 Å². The molecule has 0 aliphatic heterocycles. The molecule has 6 heteroatoms. The van der Waals surface area contributed by atoms with E-state index in [1.165, 1.54) is 0 Å². The zero-order chi connectivity index (χ0) is 21.2. The van der Waals surface area contributed by atoms with Crippen molar-refractivity contribution >= 4 is 23.2 Å². The molecule has 0 spiro atoms. The maximum absolute atomic E-state index is 12.6. The van der Waals surface area contributed by atoms with Crippen molar-refractivity contribution in [2.24, 2.45) is 0 Å². The van der Waals surface area contributed by atoms with Crippen molar-refractivity contribution in [3.8, 4) is 5.75 Å². The quantitative estimate of drug-likeness (QED) is 0.571. The molecule has 0 fully saturated rings. The molecule has 0 bridgehead atoms. The number of carbonyl (C=O) groups is 2. The Hall–Kier alpha value is -3.64. The second-order valence-corrected chi connectivity index (χ2v) is 6.79. The standard InChI is InChI=1S/C24H25N3O3/c1-30-22-15-9-8-10-19(22)16-27(17-23(28)25-20-11-4-2-5-12-20)18-24(29)26-21-13-6-3-7-14-21/h2-15H,16-18H2,1H3,(H,25,28)(H,26,29). The van der Waals surface area contributed by atoms with Crippen molar-refractivity contribution in [3.05, 3.63) is 90.5 Å². The predicted octanol–water partition coefficient (Wildman–Crippen LogP) is 3.77. The fourth-order valence-corrected chi connectivity index (χ4v) is 3.09. The van der Waals surface area contributed by atoms with Gasteiger partial charge in [-0.1, -0.05) is 54.6 Å². The van der Waals surface area contributed by atoms with Gasteiger partial charge in [0.2, 0.25) is 11.8 Å². The minimum absolute atomic E-state index is 0.0646. The maximum Gasteiger partial charge on any atom is 0.238 e. The summed E-state index contributed by atoms with van der Waals surface area (Å²) in [6.45, 7) is 0.527. The molecule has 3 rings (SSSR count). The van der Waals surface area contributed by atoms with Crippen LogP contribution in [0.3, 0.4) is 0 Å². The third-order valence-corrected chi connectivity index (χ3v) is 4.44. The highest BCUT2D eigenvalue weighted by Crippen LogP contribution is 2.19. The molecule has 0 saturated carbocycles. The number of hydrogen-bond acceptors (Lipinski definition) is 4.